The summed E-state index contributed by atoms with van der Waals surface area (Å²) in [5.41, 5.74) is 0.403. The molecule has 0 bridgehead atoms. The summed E-state index contributed by atoms with van der Waals surface area (Å²) < 4.78 is 0. The Morgan fingerprint density at radius 2 is 2.20 bits per heavy atom. The molecule has 2 nitrogen and oxygen atoms in total. The van der Waals surface area contributed by atoms with Crippen LogP contribution in [-0.4, -0.2) is 25.2 Å². The molecular formula is C7H13N2Rf-. The fourth-order valence-corrected chi connectivity index (χ4v) is 1.88. The molecule has 2 aliphatic heterocycles. The van der Waals surface area contributed by atoms with Crippen molar-refractivity contribution in [3.63, 3.8) is 0 Å². The third-order valence-electron chi connectivity index (χ3n) is 2.47. The van der Waals surface area contributed by atoms with Gasteiger partial charge in [0.15, 0.2) is 0 Å². The van der Waals surface area contributed by atoms with Crippen molar-refractivity contribution in [1.29, 1.82) is 0 Å². The molecule has 2 rings (SSSR count). The molecule has 54 valence electrons. The van der Waals surface area contributed by atoms with Crippen molar-refractivity contribution in [1.82, 2.24) is 5.32 Å². The van der Waals surface area contributed by atoms with E-state index in [1.807, 2.05) is 0 Å². The van der Waals surface area contributed by atoms with E-state index in [-0.39, 0.29) is 0 Å². The molecule has 2 aliphatic rings. The second-order valence-electron chi connectivity index (χ2n) is 3.14. The fraction of sp³-hybridized carbons (Fsp3) is 1.00. The van der Waals surface area contributed by atoms with Crippen molar-refractivity contribution in [2.75, 3.05) is 19.6 Å². The molecule has 0 aliphatic carbocycles. The Labute approximate surface area is 56.0 Å². The number of nitrogens with one attached hydrogen (secondary N) is 1. The van der Waals surface area contributed by atoms with Gasteiger partial charge in [-0.1, -0.05) is 19.3 Å². The number of hydrogen-bond acceptors (Lipinski definition) is 1. The first kappa shape index (κ1) is 7.03. The molecule has 0 aromatic rings. The van der Waals surface area contributed by atoms with E-state index in [2.05, 4.69) is 10.6 Å². The molecule has 1 unspecified atom stereocenters. The van der Waals surface area contributed by atoms with Gasteiger partial charge in [-0.15, -0.1) is 12.1 Å². The van der Waals surface area contributed by atoms with Gasteiger partial charge in [0.25, 0.3) is 0 Å². The molecule has 10 heavy (non-hydrogen) atoms. The van der Waals surface area contributed by atoms with E-state index >= 15 is 0 Å². The van der Waals surface area contributed by atoms with Crippen LogP contribution in [0, 0.1) is 0 Å². The minimum atomic E-state index is 0. The molecule has 0 amide bonds. The van der Waals surface area contributed by atoms with Gasteiger partial charge in [0.1, 0.15) is 0 Å². The summed E-state index contributed by atoms with van der Waals surface area (Å²) in [5, 5.41) is 7.97. The van der Waals surface area contributed by atoms with Crippen LogP contribution in [0.2, 0.25) is 0 Å². The molecule has 0 aromatic carbocycles. The second-order valence-corrected chi connectivity index (χ2v) is 3.14. The van der Waals surface area contributed by atoms with Crippen molar-refractivity contribution in [3.8, 4) is 0 Å². The number of nitrogens with zero attached hydrogens (tertiary/aromatic N) is 1. The molecule has 3 heteroatoms. The molecule has 2 heterocycles. The Hall–Kier alpha value is -1.08. The van der Waals surface area contributed by atoms with E-state index in [0.717, 1.165) is 13.1 Å². The Balaban J connectivity index is 0.000000500. The van der Waals surface area contributed by atoms with Gasteiger partial charge in [-0.05, 0) is 13.1 Å². The standard InChI is InChI=1S/C7H13N2.Rf/c1-2-7(9-4-1)3-5-8-6-7;/h8H,1-6H2;/q-1;. The minimum absolute atomic E-state index is 0. The maximum Gasteiger partial charge on any atom is 0 e. The summed E-state index contributed by atoms with van der Waals surface area (Å²) >= 11 is 0. The van der Waals surface area contributed by atoms with E-state index < -0.39 is 0 Å². The van der Waals surface area contributed by atoms with Gasteiger partial charge in [0.05, 0.1) is 0 Å². The van der Waals surface area contributed by atoms with Crippen LogP contribution in [0.5, 0.6) is 0 Å². The molecule has 0 radical (unpaired) electrons. The topological polar surface area (TPSA) is 26.1 Å². The van der Waals surface area contributed by atoms with Crippen LogP contribution in [0.3, 0.4) is 0 Å². The van der Waals surface area contributed by atoms with Crippen molar-refractivity contribution >= 4 is 0 Å². The average Bonchev–Trinajstić information content (AvgIpc) is 2.45. The van der Waals surface area contributed by atoms with Crippen LogP contribution in [0.1, 0.15) is 19.3 Å². The van der Waals surface area contributed by atoms with Crippen LogP contribution >= 0.6 is 0 Å². The normalized spacial score (nSPS) is 38.4. The molecule has 2 saturated heterocycles. The Morgan fingerprint density at radius 1 is 1.30 bits per heavy atom. The number of rotatable bonds is 0. The summed E-state index contributed by atoms with van der Waals surface area (Å²) in [6.45, 7) is 3.44. The van der Waals surface area contributed by atoms with Gasteiger partial charge in [-0.25, -0.2) is 0 Å². The molecule has 1 atom stereocenters. The second kappa shape index (κ2) is 2.27. The largest absolute Gasteiger partial charge is 0.656 e. The van der Waals surface area contributed by atoms with Crippen molar-refractivity contribution in [3.05, 3.63) is 5.32 Å². The summed E-state index contributed by atoms with van der Waals surface area (Å²) in [6.07, 6.45) is 3.94. The van der Waals surface area contributed by atoms with E-state index in [9.17, 15) is 0 Å². The van der Waals surface area contributed by atoms with Crippen LogP contribution in [-0.2, 0) is 0 Å². The minimum Gasteiger partial charge on any atom is -0.656 e. The quantitative estimate of drug-likeness (QED) is 0.651. The van der Waals surface area contributed by atoms with E-state index in [1.165, 1.54) is 25.8 Å². The van der Waals surface area contributed by atoms with Gasteiger partial charge in [-0.2, -0.15) is 0 Å². The molecule has 0 aromatic heterocycles. The summed E-state index contributed by atoms with van der Waals surface area (Å²) in [4.78, 5) is 0. The summed E-state index contributed by atoms with van der Waals surface area (Å²) in [7, 11) is 0. The van der Waals surface area contributed by atoms with Crippen LogP contribution in [0.25, 0.3) is 5.32 Å². The van der Waals surface area contributed by atoms with E-state index in [0.29, 0.717) is 5.54 Å². The number of hydrogen-bond donors (Lipinski definition) is 1. The molecule has 1 spiro atoms. The van der Waals surface area contributed by atoms with Gasteiger partial charge in [0.2, 0.25) is 0 Å². The first-order valence-electron chi connectivity index (χ1n) is 3.81. The van der Waals surface area contributed by atoms with Crippen molar-refractivity contribution < 1.29 is 0 Å². The van der Waals surface area contributed by atoms with Crippen molar-refractivity contribution in [2.24, 2.45) is 0 Å². The van der Waals surface area contributed by atoms with Gasteiger partial charge in [0, 0.05) is 0 Å². The third kappa shape index (κ3) is 0.847. The van der Waals surface area contributed by atoms with Gasteiger partial charge in [-0.3, -0.25) is 0 Å². The predicted octanol–water partition coefficient (Wildman–Crippen LogP) is 0.886. The van der Waals surface area contributed by atoms with E-state index in [1.54, 1.807) is 0 Å². The first-order valence-corrected chi connectivity index (χ1v) is 3.81. The average molecular weight is 392 g/mol. The Morgan fingerprint density at radius 3 is 2.70 bits per heavy atom. The van der Waals surface area contributed by atoms with E-state index in [4.69, 9.17) is 0 Å². The van der Waals surface area contributed by atoms with Crippen molar-refractivity contribution in [2.45, 2.75) is 24.8 Å². The Kier molecular flexibility index (Phi) is 1.60. The summed E-state index contributed by atoms with van der Waals surface area (Å²) in [6, 6.07) is 0. The smallest absolute Gasteiger partial charge is 0 e. The SMILES string of the molecule is C1C[N-]C2(C1)CCNC2.[Rf]. The summed E-state index contributed by atoms with van der Waals surface area (Å²) in [5.74, 6) is 0. The maximum absolute atomic E-state index is 4.60. The van der Waals surface area contributed by atoms with Crippen LogP contribution in [0.15, 0.2) is 0 Å². The first-order chi connectivity index (χ1) is 4.41. The van der Waals surface area contributed by atoms with Gasteiger partial charge < -0.3 is 10.6 Å². The van der Waals surface area contributed by atoms with Crippen LogP contribution in [0.4, 0.5) is 0 Å². The predicted molar refractivity (Wildman–Crippen MR) is 37.7 cm³/mol. The maximum atomic E-state index is 4.60. The Bertz CT molecular complexity index is 86.7. The van der Waals surface area contributed by atoms with Gasteiger partial charge >= 0.3 is 0 Å². The zero-order chi connectivity index (χ0) is 6.16. The molecule has 1 N–H and O–H groups in total. The molecule has 2 fully saturated rings. The zero-order valence-corrected chi connectivity index (χ0v) is 12.8. The monoisotopic (exact) mass is 392 g/mol. The fourth-order valence-electron chi connectivity index (χ4n) is 1.88. The zero-order valence-electron chi connectivity index (χ0n) is 6.40. The van der Waals surface area contributed by atoms with Crippen LogP contribution < -0.4 is 5.32 Å². The third-order valence-corrected chi connectivity index (χ3v) is 2.47. The molecule has 0 saturated carbocycles. The molecular weight excluding hydrogens is 379 g/mol.